The standard InChI is InChI=1S/C15H16N2O3/c1-19-13-7-3-11(4-8-13)17(15(16)18)12-5-9-14(20-2)10-6-12/h3-10H,1-2H3,(H2,16,18). The second-order valence-corrected chi connectivity index (χ2v) is 4.07. The number of carbonyl (C=O) groups excluding carboxylic acids is 1. The summed E-state index contributed by atoms with van der Waals surface area (Å²) in [5.74, 6) is 1.43. The van der Waals surface area contributed by atoms with Crippen LogP contribution in [0.3, 0.4) is 0 Å². The van der Waals surface area contributed by atoms with Crippen molar-refractivity contribution >= 4 is 17.4 Å². The number of hydrogen-bond donors (Lipinski definition) is 1. The molecule has 0 bridgehead atoms. The van der Waals surface area contributed by atoms with Crippen LogP contribution in [0.5, 0.6) is 11.5 Å². The van der Waals surface area contributed by atoms with Crippen LogP contribution < -0.4 is 20.1 Å². The number of primary amides is 1. The summed E-state index contributed by atoms with van der Waals surface area (Å²) in [7, 11) is 3.18. The zero-order chi connectivity index (χ0) is 14.5. The Balaban J connectivity index is 2.36. The van der Waals surface area contributed by atoms with Crippen molar-refractivity contribution in [2.45, 2.75) is 0 Å². The van der Waals surface area contributed by atoms with Gasteiger partial charge in [-0.05, 0) is 48.5 Å². The molecule has 0 atom stereocenters. The van der Waals surface area contributed by atoms with Crippen molar-refractivity contribution in [3.8, 4) is 11.5 Å². The first-order valence-electron chi connectivity index (χ1n) is 6.03. The summed E-state index contributed by atoms with van der Waals surface area (Å²) in [4.78, 5) is 13.1. The Morgan fingerprint density at radius 1 is 0.850 bits per heavy atom. The van der Waals surface area contributed by atoms with E-state index in [1.165, 1.54) is 4.90 Å². The lowest BCUT2D eigenvalue weighted by Crippen LogP contribution is -2.31. The molecule has 2 rings (SSSR count). The number of amides is 2. The highest BCUT2D eigenvalue weighted by molar-refractivity contribution is 5.98. The van der Waals surface area contributed by atoms with E-state index in [0.717, 1.165) is 0 Å². The maximum atomic E-state index is 11.7. The number of ether oxygens (including phenoxy) is 2. The van der Waals surface area contributed by atoms with E-state index in [0.29, 0.717) is 22.9 Å². The van der Waals surface area contributed by atoms with Crippen molar-refractivity contribution in [1.82, 2.24) is 0 Å². The van der Waals surface area contributed by atoms with E-state index in [9.17, 15) is 4.79 Å². The van der Waals surface area contributed by atoms with Crippen LogP contribution in [0, 0.1) is 0 Å². The van der Waals surface area contributed by atoms with Crippen LogP contribution in [0.2, 0.25) is 0 Å². The van der Waals surface area contributed by atoms with Gasteiger partial charge in [-0.25, -0.2) is 4.79 Å². The van der Waals surface area contributed by atoms with Crippen molar-refractivity contribution in [3.63, 3.8) is 0 Å². The molecule has 2 amide bonds. The Morgan fingerprint density at radius 3 is 1.45 bits per heavy atom. The van der Waals surface area contributed by atoms with Gasteiger partial charge in [-0.2, -0.15) is 0 Å². The van der Waals surface area contributed by atoms with Gasteiger partial charge in [0.15, 0.2) is 0 Å². The number of anilines is 2. The van der Waals surface area contributed by atoms with Gasteiger partial charge in [0.2, 0.25) is 0 Å². The molecule has 0 aliphatic heterocycles. The molecule has 20 heavy (non-hydrogen) atoms. The maximum Gasteiger partial charge on any atom is 0.323 e. The second-order valence-electron chi connectivity index (χ2n) is 4.07. The summed E-state index contributed by atoms with van der Waals surface area (Å²) < 4.78 is 10.2. The largest absolute Gasteiger partial charge is 0.497 e. The summed E-state index contributed by atoms with van der Waals surface area (Å²) in [6, 6.07) is 13.6. The molecule has 0 spiro atoms. The fraction of sp³-hybridized carbons (Fsp3) is 0.133. The molecule has 104 valence electrons. The first kappa shape index (κ1) is 13.7. The van der Waals surface area contributed by atoms with Gasteiger partial charge in [0, 0.05) is 0 Å². The van der Waals surface area contributed by atoms with Crippen LogP contribution >= 0.6 is 0 Å². The van der Waals surface area contributed by atoms with E-state index in [-0.39, 0.29) is 0 Å². The molecule has 0 saturated heterocycles. The van der Waals surface area contributed by atoms with Gasteiger partial charge in [0.1, 0.15) is 11.5 Å². The van der Waals surface area contributed by atoms with Gasteiger partial charge in [-0.15, -0.1) is 0 Å². The Morgan fingerprint density at radius 2 is 1.20 bits per heavy atom. The van der Waals surface area contributed by atoms with Gasteiger partial charge >= 0.3 is 6.03 Å². The van der Waals surface area contributed by atoms with E-state index in [1.807, 2.05) is 0 Å². The Bertz CT molecular complexity index is 532. The predicted octanol–water partition coefficient (Wildman–Crippen LogP) is 2.92. The summed E-state index contributed by atoms with van der Waals surface area (Å²) in [5, 5.41) is 0. The number of nitrogens with two attached hydrogens (primary N) is 1. The number of urea groups is 1. The molecule has 0 aliphatic carbocycles. The average molecular weight is 272 g/mol. The van der Waals surface area contributed by atoms with Gasteiger partial charge in [-0.1, -0.05) is 0 Å². The summed E-state index contributed by atoms with van der Waals surface area (Å²) in [6.45, 7) is 0. The third kappa shape index (κ3) is 2.83. The highest BCUT2D eigenvalue weighted by atomic mass is 16.5. The number of nitrogens with zero attached hydrogens (tertiary/aromatic N) is 1. The molecule has 0 radical (unpaired) electrons. The molecular formula is C15H16N2O3. The number of hydrogen-bond acceptors (Lipinski definition) is 3. The lowest BCUT2D eigenvalue weighted by atomic mass is 10.2. The quantitative estimate of drug-likeness (QED) is 0.930. The monoisotopic (exact) mass is 272 g/mol. The van der Waals surface area contributed by atoms with Crippen LogP contribution in [0.25, 0.3) is 0 Å². The van der Waals surface area contributed by atoms with Crippen molar-refractivity contribution in [2.24, 2.45) is 5.73 Å². The van der Waals surface area contributed by atoms with Crippen LogP contribution in [0.1, 0.15) is 0 Å². The van der Waals surface area contributed by atoms with E-state index in [2.05, 4.69) is 0 Å². The highest BCUT2D eigenvalue weighted by Gasteiger charge is 2.15. The molecule has 2 N–H and O–H groups in total. The first-order valence-corrected chi connectivity index (χ1v) is 6.03. The molecule has 0 fully saturated rings. The molecule has 5 nitrogen and oxygen atoms in total. The number of benzene rings is 2. The van der Waals surface area contributed by atoms with Crippen molar-refractivity contribution < 1.29 is 14.3 Å². The lowest BCUT2D eigenvalue weighted by Gasteiger charge is -2.21. The van der Waals surface area contributed by atoms with E-state index < -0.39 is 6.03 Å². The predicted molar refractivity (Wildman–Crippen MR) is 77.7 cm³/mol. The van der Waals surface area contributed by atoms with Gasteiger partial charge in [-0.3, -0.25) is 4.90 Å². The van der Waals surface area contributed by atoms with Crippen LogP contribution in [0.4, 0.5) is 16.2 Å². The third-order valence-electron chi connectivity index (χ3n) is 2.88. The topological polar surface area (TPSA) is 64.8 Å². The Kier molecular flexibility index (Phi) is 4.10. The molecule has 0 saturated carbocycles. The normalized spacial score (nSPS) is 9.90. The Labute approximate surface area is 117 Å². The van der Waals surface area contributed by atoms with Crippen molar-refractivity contribution in [3.05, 3.63) is 48.5 Å². The molecule has 0 aliphatic rings. The van der Waals surface area contributed by atoms with E-state index in [1.54, 1.807) is 62.8 Å². The van der Waals surface area contributed by atoms with Gasteiger partial charge in [0.25, 0.3) is 0 Å². The van der Waals surface area contributed by atoms with Crippen molar-refractivity contribution in [1.29, 1.82) is 0 Å². The lowest BCUT2D eigenvalue weighted by molar-refractivity contribution is 0.256. The fourth-order valence-corrected chi connectivity index (χ4v) is 1.87. The zero-order valence-electron chi connectivity index (χ0n) is 11.4. The maximum absolute atomic E-state index is 11.7. The van der Waals surface area contributed by atoms with Gasteiger partial charge in [0.05, 0.1) is 25.6 Å². The first-order chi connectivity index (χ1) is 9.65. The van der Waals surface area contributed by atoms with Gasteiger partial charge < -0.3 is 15.2 Å². The SMILES string of the molecule is COc1ccc(N(C(N)=O)c2ccc(OC)cc2)cc1. The zero-order valence-corrected chi connectivity index (χ0v) is 11.4. The van der Waals surface area contributed by atoms with Crippen LogP contribution in [-0.2, 0) is 0 Å². The average Bonchev–Trinajstić information content (AvgIpc) is 2.48. The Hall–Kier alpha value is -2.69. The second kappa shape index (κ2) is 5.97. The smallest absolute Gasteiger partial charge is 0.323 e. The van der Waals surface area contributed by atoms with Crippen molar-refractivity contribution in [2.75, 3.05) is 19.1 Å². The third-order valence-corrected chi connectivity index (χ3v) is 2.88. The molecule has 0 aromatic heterocycles. The minimum absolute atomic E-state index is 0.555. The number of methoxy groups -OCH3 is 2. The molecular weight excluding hydrogens is 256 g/mol. The number of carbonyl (C=O) groups is 1. The highest BCUT2D eigenvalue weighted by Crippen LogP contribution is 2.28. The molecule has 0 unspecified atom stereocenters. The summed E-state index contributed by atoms with van der Waals surface area (Å²) in [6.07, 6.45) is 0. The molecule has 5 heteroatoms. The van der Waals surface area contributed by atoms with E-state index >= 15 is 0 Å². The molecule has 2 aromatic rings. The van der Waals surface area contributed by atoms with Crippen LogP contribution in [-0.4, -0.2) is 20.3 Å². The molecule has 2 aromatic carbocycles. The summed E-state index contributed by atoms with van der Waals surface area (Å²) >= 11 is 0. The molecule has 0 heterocycles. The number of rotatable bonds is 4. The fourth-order valence-electron chi connectivity index (χ4n) is 1.87. The van der Waals surface area contributed by atoms with E-state index in [4.69, 9.17) is 15.2 Å². The minimum Gasteiger partial charge on any atom is -0.497 e. The van der Waals surface area contributed by atoms with Crippen LogP contribution in [0.15, 0.2) is 48.5 Å². The summed E-state index contributed by atoms with van der Waals surface area (Å²) in [5.41, 5.74) is 6.81. The minimum atomic E-state index is -0.555.